The van der Waals surface area contributed by atoms with E-state index in [1.54, 1.807) is 6.92 Å². The molecule has 0 spiro atoms. The summed E-state index contributed by atoms with van der Waals surface area (Å²) in [6, 6.07) is 8.78. The zero-order chi connectivity index (χ0) is 26.1. The number of nitrogens with zero attached hydrogens (tertiary/aromatic N) is 1. The number of methoxy groups -OCH3 is 1. The molecule has 0 bridgehead atoms. The number of pyridine rings is 1. The lowest BCUT2D eigenvalue weighted by atomic mass is 9.84. The summed E-state index contributed by atoms with van der Waals surface area (Å²) in [7, 11) is 1.40. The van der Waals surface area contributed by atoms with Gasteiger partial charge in [0.2, 0.25) is 6.79 Å². The fourth-order valence-corrected chi connectivity index (χ4v) is 4.21. The number of carbonyl (C=O) groups excluding carboxylic acids is 3. The van der Waals surface area contributed by atoms with Crippen LogP contribution in [0.25, 0.3) is 0 Å². The van der Waals surface area contributed by atoms with E-state index in [1.807, 2.05) is 12.1 Å². The minimum absolute atomic E-state index is 0.00857. The van der Waals surface area contributed by atoms with Crippen LogP contribution >= 0.6 is 0 Å². The van der Waals surface area contributed by atoms with Gasteiger partial charge < -0.3 is 24.3 Å². The molecule has 1 aromatic carbocycles. The standard InChI is InChI=1S/C27H34N2O7/c1-17(29-26(31)24-25(35-16-34-19(3)30)23(33-4)14-15-28-24)27(32)36-18(2)20-10-12-22(13-11-20)21-8-6-5-7-9-21/h10-15,17-18,21H,5-9,16H2,1-4H3,(H,29,31). The highest BCUT2D eigenvalue weighted by molar-refractivity contribution is 5.98. The van der Waals surface area contributed by atoms with Crippen LogP contribution in [0.5, 0.6) is 11.5 Å². The highest BCUT2D eigenvalue weighted by Crippen LogP contribution is 2.33. The van der Waals surface area contributed by atoms with Gasteiger partial charge in [0.15, 0.2) is 17.2 Å². The van der Waals surface area contributed by atoms with Crippen LogP contribution in [0.4, 0.5) is 0 Å². The Morgan fingerprint density at radius 1 is 1.06 bits per heavy atom. The maximum Gasteiger partial charge on any atom is 0.328 e. The summed E-state index contributed by atoms with van der Waals surface area (Å²) in [4.78, 5) is 40.6. The van der Waals surface area contributed by atoms with Gasteiger partial charge in [0, 0.05) is 19.2 Å². The number of benzene rings is 1. The second-order valence-electron chi connectivity index (χ2n) is 8.86. The first-order chi connectivity index (χ1) is 17.3. The molecule has 2 unspecified atom stereocenters. The smallest absolute Gasteiger partial charge is 0.328 e. The number of esters is 2. The molecule has 1 N–H and O–H groups in total. The molecule has 0 aliphatic heterocycles. The highest BCUT2D eigenvalue weighted by Gasteiger charge is 2.25. The Morgan fingerprint density at radius 3 is 2.39 bits per heavy atom. The first-order valence-corrected chi connectivity index (χ1v) is 12.2. The van der Waals surface area contributed by atoms with Gasteiger partial charge in [0.25, 0.3) is 5.91 Å². The van der Waals surface area contributed by atoms with Crippen molar-refractivity contribution in [1.82, 2.24) is 10.3 Å². The van der Waals surface area contributed by atoms with Gasteiger partial charge >= 0.3 is 11.9 Å². The Morgan fingerprint density at radius 2 is 1.75 bits per heavy atom. The number of hydrogen-bond donors (Lipinski definition) is 1. The molecule has 3 rings (SSSR count). The van der Waals surface area contributed by atoms with E-state index in [2.05, 4.69) is 22.4 Å². The third-order valence-corrected chi connectivity index (χ3v) is 6.25. The fraction of sp³-hybridized carbons (Fsp3) is 0.481. The van der Waals surface area contributed by atoms with Gasteiger partial charge in [0.1, 0.15) is 12.1 Å². The molecule has 1 aliphatic rings. The van der Waals surface area contributed by atoms with Gasteiger partial charge in [-0.3, -0.25) is 9.59 Å². The molecule has 0 radical (unpaired) electrons. The molecule has 1 aromatic heterocycles. The van der Waals surface area contributed by atoms with Crippen molar-refractivity contribution in [3.63, 3.8) is 0 Å². The van der Waals surface area contributed by atoms with E-state index in [4.69, 9.17) is 18.9 Å². The van der Waals surface area contributed by atoms with Gasteiger partial charge in [0.05, 0.1) is 7.11 Å². The summed E-state index contributed by atoms with van der Waals surface area (Å²) in [6.45, 7) is 4.13. The van der Waals surface area contributed by atoms with Gasteiger partial charge in [-0.2, -0.15) is 0 Å². The summed E-state index contributed by atoms with van der Waals surface area (Å²) < 4.78 is 21.0. The quantitative estimate of drug-likeness (QED) is 0.377. The lowest BCUT2D eigenvalue weighted by Crippen LogP contribution is -2.40. The van der Waals surface area contributed by atoms with Gasteiger partial charge in [-0.15, -0.1) is 0 Å². The fourth-order valence-electron chi connectivity index (χ4n) is 4.21. The maximum atomic E-state index is 12.9. The Balaban J connectivity index is 1.60. The zero-order valence-electron chi connectivity index (χ0n) is 21.2. The molecule has 2 aromatic rings. The number of nitrogens with one attached hydrogen (secondary N) is 1. The van der Waals surface area contributed by atoms with Crippen LogP contribution in [-0.4, -0.2) is 42.8 Å². The predicted molar refractivity (Wildman–Crippen MR) is 132 cm³/mol. The van der Waals surface area contributed by atoms with Crippen LogP contribution in [-0.2, 0) is 19.1 Å². The van der Waals surface area contributed by atoms with Crippen molar-refractivity contribution in [2.24, 2.45) is 0 Å². The van der Waals surface area contributed by atoms with E-state index in [-0.39, 0.29) is 17.2 Å². The van der Waals surface area contributed by atoms with Crippen LogP contribution in [0.1, 0.15) is 86.5 Å². The molecule has 2 atom stereocenters. The number of aromatic nitrogens is 1. The average molecular weight is 499 g/mol. The monoisotopic (exact) mass is 498 g/mol. The molecule has 0 saturated heterocycles. The minimum atomic E-state index is -0.948. The molecule has 194 valence electrons. The van der Waals surface area contributed by atoms with Crippen molar-refractivity contribution in [1.29, 1.82) is 0 Å². The minimum Gasteiger partial charge on any atom is -0.493 e. The van der Waals surface area contributed by atoms with E-state index in [0.717, 1.165) is 5.56 Å². The van der Waals surface area contributed by atoms with Crippen molar-refractivity contribution in [2.45, 2.75) is 70.9 Å². The average Bonchev–Trinajstić information content (AvgIpc) is 2.88. The van der Waals surface area contributed by atoms with Gasteiger partial charge in [-0.1, -0.05) is 43.5 Å². The van der Waals surface area contributed by atoms with E-state index in [0.29, 0.717) is 5.92 Å². The molecule has 9 heteroatoms. The van der Waals surface area contributed by atoms with Gasteiger partial charge in [-0.05, 0) is 43.7 Å². The summed E-state index contributed by atoms with van der Waals surface area (Å²) in [5, 5.41) is 2.58. The van der Waals surface area contributed by atoms with Crippen molar-refractivity contribution >= 4 is 17.8 Å². The van der Waals surface area contributed by atoms with E-state index in [9.17, 15) is 14.4 Å². The summed E-state index contributed by atoms with van der Waals surface area (Å²) in [5.41, 5.74) is 2.10. The number of ether oxygens (including phenoxy) is 4. The molecule has 36 heavy (non-hydrogen) atoms. The van der Waals surface area contributed by atoms with Crippen molar-refractivity contribution in [2.75, 3.05) is 13.9 Å². The van der Waals surface area contributed by atoms with Crippen LogP contribution < -0.4 is 14.8 Å². The van der Waals surface area contributed by atoms with Crippen LogP contribution in [0.15, 0.2) is 36.5 Å². The number of rotatable bonds is 10. The molecular weight excluding hydrogens is 464 g/mol. The third kappa shape index (κ3) is 7.19. The molecular formula is C27H34N2O7. The summed E-state index contributed by atoms with van der Waals surface area (Å²) >= 11 is 0. The van der Waals surface area contributed by atoms with Crippen molar-refractivity contribution in [3.05, 3.63) is 53.3 Å². The Bertz CT molecular complexity index is 1050. The molecule has 1 amide bonds. The third-order valence-electron chi connectivity index (χ3n) is 6.25. The van der Waals surface area contributed by atoms with Crippen molar-refractivity contribution < 1.29 is 33.3 Å². The lowest BCUT2D eigenvalue weighted by molar-refractivity contribution is -0.150. The number of carbonyl (C=O) groups is 3. The Hall–Kier alpha value is -3.62. The molecule has 1 saturated carbocycles. The molecule has 1 fully saturated rings. The van der Waals surface area contributed by atoms with Crippen LogP contribution in [0.3, 0.4) is 0 Å². The summed E-state index contributed by atoms with van der Waals surface area (Å²) in [6.07, 6.45) is 7.19. The maximum absolute atomic E-state index is 12.9. The number of hydrogen-bond acceptors (Lipinski definition) is 8. The first-order valence-electron chi connectivity index (χ1n) is 12.2. The highest BCUT2D eigenvalue weighted by atomic mass is 16.7. The summed E-state index contributed by atoms with van der Waals surface area (Å²) in [5.74, 6) is -0.973. The van der Waals surface area contributed by atoms with Gasteiger partial charge in [-0.25, -0.2) is 9.78 Å². The first kappa shape index (κ1) is 27.0. The Kier molecular flexibility index (Phi) is 9.67. The van der Waals surface area contributed by atoms with E-state index in [1.165, 1.54) is 70.9 Å². The van der Waals surface area contributed by atoms with E-state index < -0.39 is 36.8 Å². The largest absolute Gasteiger partial charge is 0.493 e. The molecule has 9 nitrogen and oxygen atoms in total. The lowest BCUT2D eigenvalue weighted by Gasteiger charge is -2.23. The zero-order valence-corrected chi connectivity index (χ0v) is 21.2. The van der Waals surface area contributed by atoms with Crippen molar-refractivity contribution in [3.8, 4) is 11.5 Å². The SMILES string of the molecule is COc1ccnc(C(=O)NC(C)C(=O)OC(C)c2ccc(C3CCCCC3)cc2)c1OCOC(C)=O. The second kappa shape index (κ2) is 12.9. The predicted octanol–water partition coefficient (Wildman–Crippen LogP) is 4.46. The second-order valence-corrected chi connectivity index (χ2v) is 8.86. The van der Waals surface area contributed by atoms with E-state index >= 15 is 0 Å². The molecule has 1 aliphatic carbocycles. The topological polar surface area (TPSA) is 113 Å². The Labute approximate surface area is 211 Å². The normalized spacial score (nSPS) is 15.3. The number of amides is 1. The molecule has 1 heterocycles. The van der Waals surface area contributed by atoms with Crippen LogP contribution in [0.2, 0.25) is 0 Å². The van der Waals surface area contributed by atoms with Crippen LogP contribution in [0, 0.1) is 0 Å².